The van der Waals surface area contributed by atoms with Gasteiger partial charge < -0.3 is 24.8 Å². The molecule has 2 aromatic carbocycles. The molecule has 6 nitrogen and oxygen atoms in total. The molecule has 1 unspecified atom stereocenters. The van der Waals surface area contributed by atoms with Gasteiger partial charge in [-0.2, -0.15) is 0 Å². The van der Waals surface area contributed by atoms with Crippen LogP contribution in [0.25, 0.3) is 0 Å². The van der Waals surface area contributed by atoms with E-state index >= 15 is 0 Å². The maximum Gasteiger partial charge on any atom is 0.191 e. The van der Waals surface area contributed by atoms with Crippen LogP contribution in [0.3, 0.4) is 0 Å². The third kappa shape index (κ3) is 6.33. The van der Waals surface area contributed by atoms with E-state index in [0.717, 1.165) is 11.3 Å². The average molecular weight is 389 g/mol. The Morgan fingerprint density at radius 3 is 2.57 bits per heavy atom. The van der Waals surface area contributed by atoms with Gasteiger partial charge in [-0.25, -0.2) is 4.39 Å². The number of nitrogens with one attached hydrogen (secondary N) is 2. The molecule has 0 aliphatic rings. The zero-order valence-corrected chi connectivity index (χ0v) is 16.8. The van der Waals surface area contributed by atoms with Crippen molar-refractivity contribution in [3.8, 4) is 17.2 Å². The number of rotatable bonds is 9. The van der Waals surface area contributed by atoms with Crippen molar-refractivity contribution in [3.63, 3.8) is 0 Å². The number of guanidine groups is 1. The molecule has 0 aromatic heterocycles. The predicted octanol–water partition coefficient (Wildman–Crippen LogP) is 3.37. The summed E-state index contributed by atoms with van der Waals surface area (Å²) < 4.78 is 30.2. The lowest BCUT2D eigenvalue weighted by Crippen LogP contribution is -2.41. The van der Waals surface area contributed by atoms with Gasteiger partial charge in [-0.1, -0.05) is 18.2 Å². The summed E-state index contributed by atoms with van der Waals surface area (Å²) in [6, 6.07) is 12.1. The van der Waals surface area contributed by atoms with E-state index in [2.05, 4.69) is 15.6 Å². The van der Waals surface area contributed by atoms with Crippen LogP contribution in [-0.2, 0) is 6.54 Å². The summed E-state index contributed by atoms with van der Waals surface area (Å²) in [5.74, 6) is 1.89. The van der Waals surface area contributed by atoms with E-state index in [0.29, 0.717) is 31.4 Å². The van der Waals surface area contributed by atoms with Crippen molar-refractivity contribution in [3.05, 3.63) is 53.8 Å². The van der Waals surface area contributed by atoms with Gasteiger partial charge in [0.15, 0.2) is 29.0 Å². The van der Waals surface area contributed by atoms with Crippen LogP contribution in [0.15, 0.2) is 47.5 Å². The molecule has 1 atom stereocenters. The molecule has 2 rings (SSSR count). The van der Waals surface area contributed by atoms with Gasteiger partial charge in [0.2, 0.25) is 0 Å². The van der Waals surface area contributed by atoms with E-state index in [4.69, 9.17) is 14.2 Å². The van der Waals surface area contributed by atoms with Crippen molar-refractivity contribution < 1.29 is 18.6 Å². The van der Waals surface area contributed by atoms with E-state index in [1.54, 1.807) is 32.4 Å². The summed E-state index contributed by atoms with van der Waals surface area (Å²) in [6.45, 7) is 5.41. The van der Waals surface area contributed by atoms with Gasteiger partial charge in [-0.05, 0) is 43.7 Å². The summed E-state index contributed by atoms with van der Waals surface area (Å²) in [4.78, 5) is 4.20. The molecule has 0 heterocycles. The highest BCUT2D eigenvalue weighted by Crippen LogP contribution is 2.27. The lowest BCUT2D eigenvalue weighted by Gasteiger charge is -2.18. The van der Waals surface area contributed by atoms with Gasteiger partial charge in [-0.15, -0.1) is 0 Å². The fourth-order valence-corrected chi connectivity index (χ4v) is 2.54. The number of aliphatic imine (C=N–C) groups is 1. The zero-order chi connectivity index (χ0) is 20.4. The Labute approximate surface area is 165 Å². The van der Waals surface area contributed by atoms with Gasteiger partial charge in [0.25, 0.3) is 0 Å². The van der Waals surface area contributed by atoms with Crippen molar-refractivity contribution in [1.29, 1.82) is 0 Å². The molecule has 0 fully saturated rings. The standard InChI is InChI=1S/C21H28FN3O3/c1-5-27-19-11-10-16(12-20(19)26-4)14-25-21(23-3)24-13-15(2)28-18-9-7-6-8-17(18)22/h6-12,15H,5,13-14H2,1-4H3,(H2,23,24,25). The molecule has 2 N–H and O–H groups in total. The molecule has 0 amide bonds. The molecule has 152 valence electrons. The number of ether oxygens (including phenoxy) is 3. The number of nitrogens with zero attached hydrogens (tertiary/aromatic N) is 1. The number of hydrogen-bond acceptors (Lipinski definition) is 4. The topological polar surface area (TPSA) is 64.1 Å². The highest BCUT2D eigenvalue weighted by molar-refractivity contribution is 5.79. The molecule has 2 aromatic rings. The second-order valence-corrected chi connectivity index (χ2v) is 6.08. The van der Waals surface area contributed by atoms with Crippen molar-refractivity contribution in [2.45, 2.75) is 26.5 Å². The van der Waals surface area contributed by atoms with Crippen LogP contribution in [0.2, 0.25) is 0 Å². The number of halogens is 1. The summed E-state index contributed by atoms with van der Waals surface area (Å²) >= 11 is 0. The summed E-state index contributed by atoms with van der Waals surface area (Å²) in [7, 11) is 3.31. The normalized spacial score (nSPS) is 12.2. The average Bonchev–Trinajstić information content (AvgIpc) is 2.71. The molecule has 0 saturated heterocycles. The Kier molecular flexibility index (Phi) is 8.39. The largest absolute Gasteiger partial charge is 0.493 e. The second kappa shape index (κ2) is 11.0. The first-order valence-electron chi connectivity index (χ1n) is 9.22. The fraction of sp³-hybridized carbons (Fsp3) is 0.381. The Hall–Kier alpha value is -2.96. The molecule has 0 aliphatic heterocycles. The fourth-order valence-electron chi connectivity index (χ4n) is 2.54. The summed E-state index contributed by atoms with van der Waals surface area (Å²) in [6.07, 6.45) is -0.235. The highest BCUT2D eigenvalue weighted by atomic mass is 19.1. The number of benzene rings is 2. The van der Waals surface area contributed by atoms with E-state index < -0.39 is 0 Å². The van der Waals surface area contributed by atoms with Crippen LogP contribution in [-0.4, -0.2) is 39.4 Å². The monoisotopic (exact) mass is 389 g/mol. The van der Waals surface area contributed by atoms with Crippen LogP contribution >= 0.6 is 0 Å². The molecule has 0 radical (unpaired) electrons. The first kappa shape index (κ1) is 21.3. The first-order valence-corrected chi connectivity index (χ1v) is 9.22. The van der Waals surface area contributed by atoms with Crippen LogP contribution in [0.4, 0.5) is 4.39 Å². The van der Waals surface area contributed by atoms with Crippen molar-refractivity contribution in [2.24, 2.45) is 4.99 Å². The second-order valence-electron chi connectivity index (χ2n) is 6.08. The first-order chi connectivity index (χ1) is 13.6. The smallest absolute Gasteiger partial charge is 0.191 e. The van der Waals surface area contributed by atoms with Gasteiger partial charge in [-0.3, -0.25) is 4.99 Å². The van der Waals surface area contributed by atoms with Crippen LogP contribution in [0, 0.1) is 5.82 Å². The third-order valence-electron chi connectivity index (χ3n) is 3.93. The SMILES string of the molecule is CCOc1ccc(CNC(=NC)NCC(C)Oc2ccccc2F)cc1OC. The van der Waals surface area contributed by atoms with Crippen LogP contribution in [0.5, 0.6) is 17.2 Å². The van der Waals surface area contributed by atoms with Crippen LogP contribution in [0.1, 0.15) is 19.4 Å². The summed E-state index contributed by atoms with van der Waals surface area (Å²) in [5, 5.41) is 6.41. The molecular formula is C21H28FN3O3. The van der Waals surface area contributed by atoms with E-state index in [9.17, 15) is 4.39 Å². The lowest BCUT2D eigenvalue weighted by molar-refractivity contribution is 0.214. The van der Waals surface area contributed by atoms with Crippen molar-refractivity contribution >= 4 is 5.96 Å². The van der Waals surface area contributed by atoms with Crippen molar-refractivity contribution in [1.82, 2.24) is 10.6 Å². The quantitative estimate of drug-likeness (QED) is 0.509. The minimum atomic E-state index is -0.374. The predicted molar refractivity (Wildman–Crippen MR) is 109 cm³/mol. The van der Waals surface area contributed by atoms with E-state index in [1.165, 1.54) is 6.07 Å². The Balaban J connectivity index is 1.85. The Bertz CT molecular complexity index is 783. The number of para-hydroxylation sites is 1. The van der Waals surface area contributed by atoms with Gasteiger partial charge >= 0.3 is 0 Å². The Morgan fingerprint density at radius 2 is 1.89 bits per heavy atom. The zero-order valence-electron chi connectivity index (χ0n) is 16.8. The molecule has 7 heteroatoms. The highest BCUT2D eigenvalue weighted by Gasteiger charge is 2.10. The maximum absolute atomic E-state index is 13.7. The molecule has 0 spiro atoms. The number of methoxy groups -OCH3 is 1. The minimum Gasteiger partial charge on any atom is -0.493 e. The van der Waals surface area contributed by atoms with Gasteiger partial charge in [0.1, 0.15) is 6.10 Å². The minimum absolute atomic E-state index is 0.235. The molecule has 28 heavy (non-hydrogen) atoms. The third-order valence-corrected chi connectivity index (χ3v) is 3.93. The maximum atomic E-state index is 13.7. The van der Waals surface area contributed by atoms with Crippen LogP contribution < -0.4 is 24.8 Å². The van der Waals surface area contributed by atoms with E-state index in [1.807, 2.05) is 32.0 Å². The summed E-state index contributed by atoms with van der Waals surface area (Å²) in [5.41, 5.74) is 1.03. The molecular weight excluding hydrogens is 361 g/mol. The van der Waals surface area contributed by atoms with Gasteiger partial charge in [0.05, 0.1) is 20.3 Å². The number of hydrogen-bond donors (Lipinski definition) is 2. The molecule has 0 bridgehead atoms. The molecule has 0 saturated carbocycles. The lowest BCUT2D eigenvalue weighted by atomic mass is 10.2. The van der Waals surface area contributed by atoms with Crippen molar-refractivity contribution in [2.75, 3.05) is 27.3 Å². The molecule has 0 aliphatic carbocycles. The van der Waals surface area contributed by atoms with E-state index in [-0.39, 0.29) is 17.7 Å². The Morgan fingerprint density at radius 1 is 1.11 bits per heavy atom. The van der Waals surface area contributed by atoms with Gasteiger partial charge in [0, 0.05) is 13.6 Å².